The Kier molecular flexibility index (Phi) is 8.64. The van der Waals surface area contributed by atoms with Crippen LogP contribution < -0.4 is 5.32 Å². The molecule has 0 aliphatic heterocycles. The van der Waals surface area contributed by atoms with Crippen molar-refractivity contribution in [1.29, 1.82) is 0 Å². The van der Waals surface area contributed by atoms with Crippen LogP contribution in [0.1, 0.15) is 24.8 Å². The Balaban J connectivity index is 1.53. The number of benzene rings is 1. The molecule has 7 nitrogen and oxygen atoms in total. The zero-order chi connectivity index (χ0) is 22.9. The maximum absolute atomic E-state index is 12.3. The van der Waals surface area contributed by atoms with Crippen molar-refractivity contribution in [2.45, 2.75) is 26.2 Å². The lowest BCUT2D eigenvalue weighted by Gasteiger charge is -2.16. The summed E-state index contributed by atoms with van der Waals surface area (Å²) in [5, 5.41) is 3.78. The Morgan fingerprint density at radius 1 is 1.22 bits per heavy atom. The second-order valence-corrected chi connectivity index (χ2v) is 7.90. The van der Waals surface area contributed by atoms with Gasteiger partial charge in [-0.05, 0) is 43.2 Å². The maximum atomic E-state index is 12.3. The van der Waals surface area contributed by atoms with Crippen LogP contribution in [0, 0.1) is 5.92 Å². The second kappa shape index (κ2) is 11.6. The monoisotopic (exact) mass is 475 g/mol. The highest BCUT2D eigenvalue weighted by Crippen LogP contribution is 2.30. The van der Waals surface area contributed by atoms with Crippen molar-refractivity contribution >= 4 is 35.1 Å². The number of aryl methyl sites for hydroxylation is 1. The molecule has 3 rings (SSSR count). The van der Waals surface area contributed by atoms with Crippen LogP contribution in [-0.2, 0) is 27.2 Å². The highest BCUT2D eigenvalue weighted by Gasteiger charge is 2.21. The van der Waals surface area contributed by atoms with Gasteiger partial charge in [-0.2, -0.15) is 0 Å². The van der Waals surface area contributed by atoms with Crippen LogP contribution in [0.5, 0.6) is 0 Å². The van der Waals surface area contributed by atoms with Gasteiger partial charge in [-0.25, -0.2) is 4.98 Å². The van der Waals surface area contributed by atoms with Crippen molar-refractivity contribution in [3.05, 3.63) is 70.4 Å². The predicted octanol–water partition coefficient (Wildman–Crippen LogP) is 4.51. The number of esters is 1. The molecule has 1 amide bonds. The Morgan fingerprint density at radius 3 is 2.78 bits per heavy atom. The number of pyridine rings is 1. The number of nitrogens with one attached hydrogen (secondary N) is 1. The van der Waals surface area contributed by atoms with E-state index in [0.29, 0.717) is 40.1 Å². The van der Waals surface area contributed by atoms with Crippen molar-refractivity contribution in [2.24, 2.45) is 5.92 Å². The molecule has 2 heterocycles. The molecule has 32 heavy (non-hydrogen) atoms. The van der Waals surface area contributed by atoms with Crippen molar-refractivity contribution in [3.63, 3.8) is 0 Å². The molecule has 0 spiro atoms. The lowest BCUT2D eigenvalue weighted by Crippen LogP contribution is -2.35. The summed E-state index contributed by atoms with van der Waals surface area (Å²) in [6.45, 7) is 2.20. The summed E-state index contributed by atoms with van der Waals surface area (Å²) >= 11 is 12.1. The van der Waals surface area contributed by atoms with Gasteiger partial charge in [-0.15, -0.1) is 0 Å². The first-order valence-corrected chi connectivity index (χ1v) is 10.9. The predicted molar refractivity (Wildman–Crippen MR) is 121 cm³/mol. The molecule has 0 bridgehead atoms. The fourth-order valence-electron chi connectivity index (χ4n) is 3.09. The van der Waals surface area contributed by atoms with E-state index in [1.807, 2.05) is 6.07 Å². The zero-order valence-corrected chi connectivity index (χ0v) is 19.0. The van der Waals surface area contributed by atoms with Gasteiger partial charge in [0.05, 0.1) is 23.7 Å². The Labute approximate surface area is 196 Å². The fraction of sp³-hybridized carbons (Fsp3) is 0.304. The van der Waals surface area contributed by atoms with Crippen LogP contribution in [0.2, 0.25) is 10.0 Å². The van der Waals surface area contributed by atoms with E-state index in [0.717, 1.165) is 5.56 Å². The molecule has 3 aromatic rings. The van der Waals surface area contributed by atoms with Gasteiger partial charge in [0.2, 0.25) is 5.91 Å². The van der Waals surface area contributed by atoms with Crippen LogP contribution >= 0.6 is 23.2 Å². The Bertz CT molecular complexity index is 1060. The summed E-state index contributed by atoms with van der Waals surface area (Å²) in [5.41, 5.74) is 1.57. The molecule has 9 heteroatoms. The van der Waals surface area contributed by atoms with Crippen molar-refractivity contribution in [2.75, 3.05) is 13.2 Å². The minimum atomic E-state index is -0.497. The van der Waals surface area contributed by atoms with Crippen LogP contribution in [0.4, 0.5) is 0 Å². The van der Waals surface area contributed by atoms with E-state index in [4.69, 9.17) is 32.4 Å². The number of hydrogen-bond acceptors (Lipinski definition) is 6. The molecule has 0 aliphatic carbocycles. The zero-order valence-electron chi connectivity index (χ0n) is 17.5. The van der Waals surface area contributed by atoms with Crippen LogP contribution in [0.15, 0.2) is 53.3 Å². The number of rotatable bonds is 10. The molecule has 0 fully saturated rings. The van der Waals surface area contributed by atoms with Gasteiger partial charge < -0.3 is 14.5 Å². The maximum Gasteiger partial charge on any atom is 0.311 e. The number of nitrogens with zero attached hydrogens (tertiary/aromatic N) is 2. The van der Waals surface area contributed by atoms with Gasteiger partial charge >= 0.3 is 5.97 Å². The van der Waals surface area contributed by atoms with E-state index in [9.17, 15) is 9.59 Å². The molecule has 0 saturated heterocycles. The normalized spacial score (nSPS) is 11.7. The van der Waals surface area contributed by atoms with Crippen LogP contribution in [-0.4, -0.2) is 35.0 Å². The molecule has 0 saturated carbocycles. The molecule has 0 radical (unpaired) electrons. The van der Waals surface area contributed by atoms with E-state index in [1.54, 1.807) is 49.8 Å². The Hall–Kier alpha value is -2.90. The Morgan fingerprint density at radius 2 is 2.06 bits per heavy atom. The lowest BCUT2D eigenvalue weighted by atomic mass is 10.0. The average molecular weight is 476 g/mol. The first-order chi connectivity index (χ1) is 15.5. The number of oxazole rings is 1. The quantitative estimate of drug-likeness (QED) is 0.433. The summed E-state index contributed by atoms with van der Waals surface area (Å²) < 4.78 is 10.9. The second-order valence-electron chi connectivity index (χ2n) is 7.06. The summed E-state index contributed by atoms with van der Waals surface area (Å²) in [6.07, 6.45) is 5.83. The number of hydrogen-bond donors (Lipinski definition) is 1. The van der Waals surface area contributed by atoms with E-state index in [2.05, 4.69) is 15.3 Å². The van der Waals surface area contributed by atoms with E-state index >= 15 is 0 Å². The van der Waals surface area contributed by atoms with Gasteiger partial charge in [0.1, 0.15) is 0 Å². The van der Waals surface area contributed by atoms with Crippen LogP contribution in [0.25, 0.3) is 11.3 Å². The van der Waals surface area contributed by atoms with Crippen molar-refractivity contribution < 1.29 is 18.7 Å². The molecule has 2 aromatic heterocycles. The highest BCUT2D eigenvalue weighted by atomic mass is 35.5. The molecule has 1 aromatic carbocycles. The third kappa shape index (κ3) is 6.80. The largest absolute Gasteiger partial charge is 0.466 e. The SMILES string of the molecule is CCOC(=O)C(CNC(=O)CCc1ncc(-c2ccc(Cl)cc2Cl)o1)Cc1cccnc1. The van der Waals surface area contributed by atoms with E-state index in [1.165, 1.54) is 0 Å². The molecule has 1 atom stereocenters. The third-order valence-corrected chi connectivity index (χ3v) is 5.23. The summed E-state index contributed by atoms with van der Waals surface area (Å²) in [7, 11) is 0. The molecule has 0 aliphatic rings. The molecule has 1 N–H and O–H groups in total. The van der Waals surface area contributed by atoms with Crippen LogP contribution in [0.3, 0.4) is 0 Å². The summed E-state index contributed by atoms with van der Waals surface area (Å²) in [6, 6.07) is 8.77. The number of ether oxygens (including phenoxy) is 1. The van der Waals surface area contributed by atoms with Gasteiger partial charge in [0, 0.05) is 42.4 Å². The molecule has 168 valence electrons. The third-order valence-electron chi connectivity index (χ3n) is 4.69. The number of halogens is 2. The van der Waals surface area contributed by atoms with E-state index in [-0.39, 0.29) is 31.4 Å². The first-order valence-electron chi connectivity index (χ1n) is 10.2. The first kappa shape index (κ1) is 23.8. The number of carbonyl (C=O) groups is 2. The highest BCUT2D eigenvalue weighted by molar-refractivity contribution is 6.36. The summed E-state index contributed by atoms with van der Waals surface area (Å²) in [4.78, 5) is 32.9. The van der Waals surface area contributed by atoms with Crippen molar-refractivity contribution in [1.82, 2.24) is 15.3 Å². The fourth-order valence-corrected chi connectivity index (χ4v) is 3.59. The average Bonchev–Trinajstić information content (AvgIpc) is 3.24. The molecular weight excluding hydrogens is 453 g/mol. The summed E-state index contributed by atoms with van der Waals surface area (Å²) in [5.74, 6) is -0.147. The topological polar surface area (TPSA) is 94.3 Å². The minimum Gasteiger partial charge on any atom is -0.466 e. The molecule has 1 unspecified atom stereocenters. The number of aromatic nitrogens is 2. The minimum absolute atomic E-state index is 0.163. The number of amides is 1. The van der Waals surface area contributed by atoms with E-state index < -0.39 is 5.92 Å². The van der Waals surface area contributed by atoms with Gasteiger partial charge in [-0.1, -0.05) is 29.3 Å². The standard InChI is InChI=1S/C23H23Cl2N3O4/c1-2-31-23(30)16(10-15-4-3-9-26-12-15)13-27-21(29)7-8-22-28-14-20(32-22)18-6-5-17(24)11-19(18)25/h3-6,9,11-12,14,16H,2,7-8,10,13H2,1H3,(H,27,29). The van der Waals surface area contributed by atoms with Crippen molar-refractivity contribution in [3.8, 4) is 11.3 Å². The van der Waals surface area contributed by atoms with Gasteiger partial charge in [0.15, 0.2) is 11.7 Å². The lowest BCUT2D eigenvalue weighted by molar-refractivity contribution is -0.147. The van der Waals surface area contributed by atoms with Gasteiger partial charge in [0.25, 0.3) is 0 Å². The van der Waals surface area contributed by atoms with Gasteiger partial charge in [-0.3, -0.25) is 14.6 Å². The smallest absolute Gasteiger partial charge is 0.311 e. The molecular formula is C23H23Cl2N3O4. The number of carbonyl (C=O) groups excluding carboxylic acids is 2.